The Labute approximate surface area is 84.8 Å². The maximum absolute atomic E-state index is 11.4. The fourth-order valence-electron chi connectivity index (χ4n) is 1.16. The topological polar surface area (TPSA) is 33.2 Å². The number of nitrogens with zero attached hydrogens (tertiary/aromatic N) is 2. The van der Waals surface area contributed by atoms with E-state index < -0.39 is 0 Å². The lowest BCUT2D eigenvalue weighted by Gasteiger charge is -2.09. The fraction of sp³-hybridized carbons (Fsp3) is 0.455. The van der Waals surface area contributed by atoms with Crippen molar-refractivity contribution in [3.63, 3.8) is 0 Å². The summed E-state index contributed by atoms with van der Waals surface area (Å²) >= 11 is 0. The van der Waals surface area contributed by atoms with Crippen LogP contribution < -0.4 is 0 Å². The van der Waals surface area contributed by atoms with Crippen LogP contribution in [0, 0.1) is 0 Å². The quantitative estimate of drug-likeness (QED) is 0.722. The molecule has 0 fully saturated rings. The Bertz CT molecular complexity index is 321. The molecule has 1 aromatic rings. The van der Waals surface area contributed by atoms with E-state index in [2.05, 4.69) is 11.9 Å². The van der Waals surface area contributed by atoms with Crippen molar-refractivity contribution < 1.29 is 4.79 Å². The minimum atomic E-state index is 0.0887. The molecular weight excluding hydrogens is 176 g/mol. The molecule has 0 atom stereocenters. The van der Waals surface area contributed by atoms with E-state index in [4.69, 9.17) is 0 Å². The second-order valence-corrected chi connectivity index (χ2v) is 3.47. The minimum Gasteiger partial charge on any atom is -0.348 e. The van der Waals surface area contributed by atoms with Crippen LogP contribution in [0.4, 0.5) is 0 Å². The van der Waals surface area contributed by atoms with Gasteiger partial charge in [-0.15, -0.1) is 0 Å². The summed E-state index contributed by atoms with van der Waals surface area (Å²) < 4.78 is 0. The molecule has 0 spiro atoms. The van der Waals surface area contributed by atoms with Crippen LogP contribution in [0.2, 0.25) is 0 Å². The molecule has 1 amide bonds. The standard InChI is InChI=1S/C11H16N2O/c1-4-9-5-6-12-10(7-9)8-11(14)13(2)3/h5-7H,4,8H2,1-3H3. The summed E-state index contributed by atoms with van der Waals surface area (Å²) in [5, 5.41) is 0. The number of carbonyl (C=O) groups is 1. The molecule has 3 heteroatoms. The van der Waals surface area contributed by atoms with Crippen molar-refractivity contribution in [1.29, 1.82) is 0 Å². The van der Waals surface area contributed by atoms with Gasteiger partial charge in [0.05, 0.1) is 6.42 Å². The number of amides is 1. The van der Waals surface area contributed by atoms with Gasteiger partial charge in [-0.1, -0.05) is 6.92 Å². The Balaban J connectivity index is 2.72. The van der Waals surface area contributed by atoms with E-state index in [0.717, 1.165) is 12.1 Å². The van der Waals surface area contributed by atoms with Gasteiger partial charge in [0.25, 0.3) is 0 Å². The number of pyridine rings is 1. The van der Waals surface area contributed by atoms with E-state index in [1.165, 1.54) is 5.56 Å². The lowest BCUT2D eigenvalue weighted by Crippen LogP contribution is -2.23. The molecule has 0 bridgehead atoms. The smallest absolute Gasteiger partial charge is 0.228 e. The van der Waals surface area contributed by atoms with E-state index in [9.17, 15) is 4.79 Å². The normalized spacial score (nSPS) is 9.93. The Morgan fingerprint density at radius 1 is 1.50 bits per heavy atom. The second-order valence-electron chi connectivity index (χ2n) is 3.47. The number of hydrogen-bond acceptors (Lipinski definition) is 2. The first-order chi connectivity index (χ1) is 6.63. The van der Waals surface area contributed by atoms with Gasteiger partial charge >= 0.3 is 0 Å². The maximum atomic E-state index is 11.4. The number of carbonyl (C=O) groups excluding carboxylic acids is 1. The molecule has 1 rings (SSSR count). The first-order valence-corrected chi connectivity index (χ1v) is 4.77. The van der Waals surface area contributed by atoms with Crippen LogP contribution >= 0.6 is 0 Å². The van der Waals surface area contributed by atoms with Crippen LogP contribution in [0.3, 0.4) is 0 Å². The first-order valence-electron chi connectivity index (χ1n) is 4.77. The van der Waals surface area contributed by atoms with Crippen LogP contribution in [-0.4, -0.2) is 29.9 Å². The molecule has 0 saturated heterocycles. The van der Waals surface area contributed by atoms with Gasteiger partial charge < -0.3 is 4.90 Å². The van der Waals surface area contributed by atoms with Crippen molar-refractivity contribution in [1.82, 2.24) is 9.88 Å². The monoisotopic (exact) mass is 192 g/mol. The van der Waals surface area contributed by atoms with Gasteiger partial charge in [0.1, 0.15) is 0 Å². The summed E-state index contributed by atoms with van der Waals surface area (Å²) in [5.41, 5.74) is 2.07. The van der Waals surface area contributed by atoms with E-state index in [-0.39, 0.29) is 5.91 Å². The Hall–Kier alpha value is -1.38. The van der Waals surface area contributed by atoms with Crippen LogP contribution in [-0.2, 0) is 17.6 Å². The number of rotatable bonds is 3. The van der Waals surface area contributed by atoms with E-state index >= 15 is 0 Å². The highest BCUT2D eigenvalue weighted by molar-refractivity contribution is 5.77. The zero-order valence-electron chi connectivity index (χ0n) is 8.95. The van der Waals surface area contributed by atoms with Gasteiger partial charge in [0.2, 0.25) is 5.91 Å². The second kappa shape index (κ2) is 4.74. The van der Waals surface area contributed by atoms with Crippen molar-refractivity contribution in [2.24, 2.45) is 0 Å². The summed E-state index contributed by atoms with van der Waals surface area (Å²) in [5.74, 6) is 0.0887. The van der Waals surface area contributed by atoms with Gasteiger partial charge in [-0.25, -0.2) is 0 Å². The summed E-state index contributed by atoms with van der Waals surface area (Å²) in [6.07, 6.45) is 3.13. The molecule has 0 aliphatic rings. The highest BCUT2D eigenvalue weighted by Crippen LogP contribution is 2.04. The average molecular weight is 192 g/mol. The largest absolute Gasteiger partial charge is 0.348 e. The summed E-state index contributed by atoms with van der Waals surface area (Å²) in [6.45, 7) is 2.09. The van der Waals surface area contributed by atoms with Crippen molar-refractivity contribution in [3.05, 3.63) is 29.6 Å². The molecular formula is C11H16N2O. The van der Waals surface area contributed by atoms with E-state index in [0.29, 0.717) is 6.42 Å². The van der Waals surface area contributed by atoms with Crippen LogP contribution in [0.15, 0.2) is 18.3 Å². The highest BCUT2D eigenvalue weighted by Gasteiger charge is 2.06. The predicted molar refractivity (Wildman–Crippen MR) is 56.0 cm³/mol. The molecule has 1 heterocycles. The zero-order valence-corrected chi connectivity index (χ0v) is 8.95. The van der Waals surface area contributed by atoms with Crippen molar-refractivity contribution in [3.8, 4) is 0 Å². The number of likely N-dealkylation sites (N-methyl/N-ethyl adjacent to an activating group) is 1. The molecule has 0 aliphatic carbocycles. The maximum Gasteiger partial charge on any atom is 0.228 e. The molecule has 76 valence electrons. The molecule has 1 aromatic heterocycles. The molecule has 0 aromatic carbocycles. The van der Waals surface area contributed by atoms with Gasteiger partial charge in [-0.3, -0.25) is 9.78 Å². The van der Waals surface area contributed by atoms with Crippen molar-refractivity contribution in [2.45, 2.75) is 19.8 Å². The SMILES string of the molecule is CCc1ccnc(CC(=O)N(C)C)c1. The molecule has 0 radical (unpaired) electrons. The van der Waals surface area contributed by atoms with Crippen LogP contribution in [0.5, 0.6) is 0 Å². The van der Waals surface area contributed by atoms with Crippen molar-refractivity contribution >= 4 is 5.91 Å². The molecule has 0 N–H and O–H groups in total. The summed E-state index contributed by atoms with van der Waals surface area (Å²) in [4.78, 5) is 17.1. The summed E-state index contributed by atoms with van der Waals surface area (Å²) in [6, 6.07) is 3.96. The highest BCUT2D eigenvalue weighted by atomic mass is 16.2. The average Bonchev–Trinajstić information content (AvgIpc) is 2.18. The Morgan fingerprint density at radius 3 is 2.79 bits per heavy atom. The molecule has 14 heavy (non-hydrogen) atoms. The third-order valence-corrected chi connectivity index (χ3v) is 2.12. The lowest BCUT2D eigenvalue weighted by molar-refractivity contribution is -0.128. The zero-order chi connectivity index (χ0) is 10.6. The number of hydrogen-bond donors (Lipinski definition) is 0. The number of aryl methyl sites for hydroxylation is 1. The minimum absolute atomic E-state index is 0.0887. The van der Waals surface area contributed by atoms with Gasteiger partial charge in [-0.05, 0) is 24.1 Å². The van der Waals surface area contributed by atoms with Gasteiger partial charge in [0, 0.05) is 26.0 Å². The number of aromatic nitrogens is 1. The van der Waals surface area contributed by atoms with Crippen LogP contribution in [0.1, 0.15) is 18.2 Å². The molecule has 3 nitrogen and oxygen atoms in total. The van der Waals surface area contributed by atoms with Crippen LogP contribution in [0.25, 0.3) is 0 Å². The third kappa shape index (κ3) is 2.83. The summed E-state index contributed by atoms with van der Waals surface area (Å²) in [7, 11) is 3.51. The van der Waals surface area contributed by atoms with E-state index in [1.807, 2.05) is 12.1 Å². The Morgan fingerprint density at radius 2 is 2.21 bits per heavy atom. The lowest BCUT2D eigenvalue weighted by atomic mass is 10.1. The van der Waals surface area contributed by atoms with E-state index in [1.54, 1.807) is 25.2 Å². The fourth-order valence-corrected chi connectivity index (χ4v) is 1.16. The third-order valence-electron chi connectivity index (χ3n) is 2.12. The Kier molecular flexibility index (Phi) is 3.63. The predicted octanol–water partition coefficient (Wildman–Crippen LogP) is 1.27. The van der Waals surface area contributed by atoms with Gasteiger partial charge in [-0.2, -0.15) is 0 Å². The molecule has 0 saturated carbocycles. The molecule has 0 unspecified atom stereocenters. The first kappa shape index (κ1) is 10.7. The van der Waals surface area contributed by atoms with Gasteiger partial charge in [0.15, 0.2) is 0 Å². The molecule has 0 aliphatic heterocycles. The van der Waals surface area contributed by atoms with Crippen molar-refractivity contribution in [2.75, 3.05) is 14.1 Å².